The fraction of sp³-hybridized carbons (Fsp3) is 0.750. The van der Waals surface area contributed by atoms with Crippen molar-refractivity contribution in [1.29, 1.82) is 0 Å². The Morgan fingerprint density at radius 2 is 2.40 bits per heavy atom. The van der Waals surface area contributed by atoms with Gasteiger partial charge in [0.1, 0.15) is 0 Å². The van der Waals surface area contributed by atoms with Gasteiger partial charge < -0.3 is 5.32 Å². The summed E-state index contributed by atoms with van der Waals surface area (Å²) in [6, 6.07) is 2.82. The molecule has 0 amide bonds. The highest BCUT2D eigenvalue weighted by atomic mass is 15.3. The zero-order chi connectivity index (χ0) is 10.5. The SMILES string of the molecule is CCCCNCc1ccnn1C1CCC1. The van der Waals surface area contributed by atoms with E-state index in [0.717, 1.165) is 13.1 Å². The number of hydrogen-bond acceptors (Lipinski definition) is 2. The predicted octanol–water partition coefficient (Wildman–Crippen LogP) is 2.50. The Balaban J connectivity index is 1.82. The monoisotopic (exact) mass is 207 g/mol. The average Bonchev–Trinajstić information content (AvgIpc) is 2.58. The minimum Gasteiger partial charge on any atom is -0.311 e. The first-order chi connectivity index (χ1) is 7.42. The van der Waals surface area contributed by atoms with Gasteiger partial charge in [0.05, 0.1) is 11.7 Å². The van der Waals surface area contributed by atoms with E-state index in [2.05, 4.69) is 28.1 Å². The van der Waals surface area contributed by atoms with E-state index in [1.54, 1.807) is 0 Å². The number of unbranched alkanes of at least 4 members (excludes halogenated alkanes) is 1. The molecule has 84 valence electrons. The highest BCUT2D eigenvalue weighted by Crippen LogP contribution is 2.31. The Labute approximate surface area is 91.9 Å². The van der Waals surface area contributed by atoms with Crippen molar-refractivity contribution in [3.05, 3.63) is 18.0 Å². The second kappa shape index (κ2) is 5.31. The highest BCUT2D eigenvalue weighted by molar-refractivity contribution is 5.02. The van der Waals surface area contributed by atoms with Gasteiger partial charge in [-0.1, -0.05) is 13.3 Å². The molecule has 0 aromatic carbocycles. The highest BCUT2D eigenvalue weighted by Gasteiger charge is 2.21. The third-order valence-electron chi connectivity index (χ3n) is 3.19. The molecule has 15 heavy (non-hydrogen) atoms. The molecule has 0 atom stereocenters. The molecule has 3 nitrogen and oxygen atoms in total. The van der Waals surface area contributed by atoms with Gasteiger partial charge in [-0.15, -0.1) is 0 Å². The van der Waals surface area contributed by atoms with Crippen LogP contribution in [-0.4, -0.2) is 16.3 Å². The summed E-state index contributed by atoms with van der Waals surface area (Å²) >= 11 is 0. The maximum Gasteiger partial charge on any atom is 0.0525 e. The fourth-order valence-electron chi connectivity index (χ4n) is 1.96. The first kappa shape index (κ1) is 10.7. The van der Waals surface area contributed by atoms with Crippen molar-refractivity contribution >= 4 is 0 Å². The lowest BCUT2D eigenvalue weighted by Crippen LogP contribution is -2.23. The minimum atomic E-state index is 0.683. The molecule has 1 saturated carbocycles. The molecule has 2 rings (SSSR count). The van der Waals surface area contributed by atoms with Crippen LogP contribution in [0, 0.1) is 0 Å². The lowest BCUT2D eigenvalue weighted by molar-refractivity contribution is 0.280. The van der Waals surface area contributed by atoms with Crippen LogP contribution in [0.1, 0.15) is 50.8 Å². The normalized spacial score (nSPS) is 16.6. The van der Waals surface area contributed by atoms with Crippen molar-refractivity contribution in [3.8, 4) is 0 Å². The minimum absolute atomic E-state index is 0.683. The summed E-state index contributed by atoms with van der Waals surface area (Å²) in [6.45, 7) is 4.31. The Bertz CT molecular complexity index is 289. The van der Waals surface area contributed by atoms with Crippen LogP contribution in [0.2, 0.25) is 0 Å². The molecule has 1 fully saturated rings. The molecule has 0 radical (unpaired) electrons. The van der Waals surface area contributed by atoms with E-state index in [1.165, 1.54) is 37.8 Å². The van der Waals surface area contributed by atoms with E-state index in [9.17, 15) is 0 Å². The lowest BCUT2D eigenvalue weighted by atomic mass is 9.93. The Kier molecular flexibility index (Phi) is 3.78. The summed E-state index contributed by atoms with van der Waals surface area (Å²) in [5.74, 6) is 0. The molecule has 0 aliphatic heterocycles. The van der Waals surface area contributed by atoms with Crippen LogP contribution in [0.4, 0.5) is 0 Å². The predicted molar refractivity (Wildman–Crippen MR) is 61.7 cm³/mol. The molecule has 0 saturated heterocycles. The summed E-state index contributed by atoms with van der Waals surface area (Å²) < 4.78 is 2.21. The van der Waals surface area contributed by atoms with Crippen LogP contribution in [0.15, 0.2) is 12.3 Å². The summed E-state index contributed by atoms with van der Waals surface area (Å²) in [6.07, 6.45) is 8.43. The van der Waals surface area contributed by atoms with Crippen LogP contribution in [0.25, 0.3) is 0 Å². The Hall–Kier alpha value is -0.830. The number of nitrogens with one attached hydrogen (secondary N) is 1. The zero-order valence-corrected chi connectivity index (χ0v) is 9.58. The number of rotatable bonds is 6. The molecule has 1 heterocycles. The summed E-state index contributed by atoms with van der Waals surface area (Å²) in [7, 11) is 0. The summed E-state index contributed by atoms with van der Waals surface area (Å²) in [5, 5.41) is 7.89. The molecule has 1 aromatic heterocycles. The van der Waals surface area contributed by atoms with Crippen molar-refractivity contribution < 1.29 is 0 Å². The summed E-state index contributed by atoms with van der Waals surface area (Å²) in [5.41, 5.74) is 1.34. The van der Waals surface area contributed by atoms with E-state index in [1.807, 2.05) is 6.20 Å². The van der Waals surface area contributed by atoms with E-state index in [4.69, 9.17) is 0 Å². The summed E-state index contributed by atoms with van der Waals surface area (Å²) in [4.78, 5) is 0. The van der Waals surface area contributed by atoms with Gasteiger partial charge in [0.15, 0.2) is 0 Å². The van der Waals surface area contributed by atoms with Gasteiger partial charge in [0, 0.05) is 12.7 Å². The molecule has 0 spiro atoms. The molecule has 1 aliphatic rings. The van der Waals surface area contributed by atoms with Gasteiger partial charge in [-0.3, -0.25) is 4.68 Å². The average molecular weight is 207 g/mol. The van der Waals surface area contributed by atoms with Crippen LogP contribution in [0.5, 0.6) is 0 Å². The van der Waals surface area contributed by atoms with Gasteiger partial charge in [0.2, 0.25) is 0 Å². The van der Waals surface area contributed by atoms with Crippen LogP contribution in [0.3, 0.4) is 0 Å². The van der Waals surface area contributed by atoms with Gasteiger partial charge in [-0.25, -0.2) is 0 Å². The lowest BCUT2D eigenvalue weighted by Gasteiger charge is -2.27. The maximum atomic E-state index is 4.41. The van der Waals surface area contributed by atoms with Crippen molar-refractivity contribution in [1.82, 2.24) is 15.1 Å². The van der Waals surface area contributed by atoms with Crippen molar-refractivity contribution in [2.24, 2.45) is 0 Å². The maximum absolute atomic E-state index is 4.41. The molecule has 1 aliphatic carbocycles. The first-order valence-electron chi connectivity index (χ1n) is 6.15. The van der Waals surface area contributed by atoms with Gasteiger partial charge >= 0.3 is 0 Å². The largest absolute Gasteiger partial charge is 0.311 e. The molecular formula is C12H21N3. The number of nitrogens with zero attached hydrogens (tertiary/aromatic N) is 2. The third kappa shape index (κ3) is 2.59. The zero-order valence-electron chi connectivity index (χ0n) is 9.58. The van der Waals surface area contributed by atoms with E-state index in [-0.39, 0.29) is 0 Å². The molecule has 0 bridgehead atoms. The Morgan fingerprint density at radius 1 is 1.53 bits per heavy atom. The van der Waals surface area contributed by atoms with E-state index in [0.29, 0.717) is 6.04 Å². The van der Waals surface area contributed by atoms with Crippen molar-refractivity contribution in [2.45, 2.75) is 51.6 Å². The first-order valence-corrected chi connectivity index (χ1v) is 6.15. The van der Waals surface area contributed by atoms with Crippen LogP contribution in [-0.2, 0) is 6.54 Å². The molecule has 3 heteroatoms. The second-order valence-electron chi connectivity index (χ2n) is 4.38. The third-order valence-corrected chi connectivity index (χ3v) is 3.19. The van der Waals surface area contributed by atoms with E-state index >= 15 is 0 Å². The molecule has 0 unspecified atom stereocenters. The quantitative estimate of drug-likeness (QED) is 0.726. The number of aromatic nitrogens is 2. The van der Waals surface area contributed by atoms with Gasteiger partial charge in [-0.05, 0) is 38.3 Å². The van der Waals surface area contributed by atoms with Crippen LogP contribution >= 0.6 is 0 Å². The molecule has 1 N–H and O–H groups in total. The second-order valence-corrected chi connectivity index (χ2v) is 4.38. The fourth-order valence-corrected chi connectivity index (χ4v) is 1.96. The van der Waals surface area contributed by atoms with Crippen molar-refractivity contribution in [3.63, 3.8) is 0 Å². The van der Waals surface area contributed by atoms with Crippen molar-refractivity contribution in [2.75, 3.05) is 6.54 Å². The van der Waals surface area contributed by atoms with Crippen LogP contribution < -0.4 is 5.32 Å². The topological polar surface area (TPSA) is 29.9 Å². The van der Waals surface area contributed by atoms with E-state index < -0.39 is 0 Å². The Morgan fingerprint density at radius 3 is 3.07 bits per heavy atom. The van der Waals surface area contributed by atoms with Gasteiger partial charge in [-0.2, -0.15) is 5.10 Å². The molecular weight excluding hydrogens is 186 g/mol. The number of hydrogen-bond donors (Lipinski definition) is 1. The van der Waals surface area contributed by atoms with Gasteiger partial charge in [0.25, 0.3) is 0 Å². The smallest absolute Gasteiger partial charge is 0.0525 e. The standard InChI is InChI=1S/C12H21N3/c1-2-3-8-13-10-12-7-9-14-15(12)11-5-4-6-11/h7,9,11,13H,2-6,8,10H2,1H3. The molecule has 1 aromatic rings.